The first kappa shape index (κ1) is 13.1. The van der Waals surface area contributed by atoms with Crippen molar-refractivity contribution in [3.05, 3.63) is 51.5 Å². The number of carbonyl (C=O) groups is 1. The summed E-state index contributed by atoms with van der Waals surface area (Å²) >= 11 is 9.18. The van der Waals surface area contributed by atoms with E-state index in [4.69, 9.17) is 11.6 Å². The minimum absolute atomic E-state index is 0.0880. The molecule has 1 heterocycles. The van der Waals surface area contributed by atoms with Crippen molar-refractivity contribution in [2.45, 2.75) is 6.54 Å². The van der Waals surface area contributed by atoms with Crippen molar-refractivity contribution < 1.29 is 4.79 Å². The van der Waals surface area contributed by atoms with Crippen molar-refractivity contribution in [1.29, 1.82) is 0 Å². The van der Waals surface area contributed by atoms with E-state index in [9.17, 15) is 4.79 Å². The number of imidazole rings is 1. The van der Waals surface area contributed by atoms with Gasteiger partial charge >= 0.3 is 0 Å². The number of H-pyrrole nitrogens is 1. The number of amides is 1. The predicted molar refractivity (Wildman–Crippen MR) is 73.5 cm³/mol. The molecule has 1 amide bonds. The van der Waals surface area contributed by atoms with Crippen molar-refractivity contribution in [2.75, 3.05) is 7.05 Å². The maximum absolute atomic E-state index is 12.2. The molecule has 0 saturated heterocycles. The Labute approximate surface area is 118 Å². The number of aromatic amines is 1. The molecule has 1 aromatic heterocycles. The molecule has 18 heavy (non-hydrogen) atoms. The normalized spacial score (nSPS) is 10.4. The van der Waals surface area contributed by atoms with E-state index in [2.05, 4.69) is 25.9 Å². The summed E-state index contributed by atoms with van der Waals surface area (Å²) in [5, 5.41) is 0.590. The van der Waals surface area contributed by atoms with Crippen LogP contribution in [0.4, 0.5) is 0 Å². The van der Waals surface area contributed by atoms with Crippen LogP contribution in [0, 0.1) is 0 Å². The zero-order chi connectivity index (χ0) is 13.1. The molecular formula is C12H11BrClN3O. The molecule has 0 spiro atoms. The molecule has 0 saturated carbocycles. The van der Waals surface area contributed by atoms with Crippen LogP contribution in [0.2, 0.25) is 5.02 Å². The van der Waals surface area contributed by atoms with Crippen LogP contribution in [-0.4, -0.2) is 27.8 Å². The van der Waals surface area contributed by atoms with Crippen molar-refractivity contribution in [3.8, 4) is 0 Å². The van der Waals surface area contributed by atoms with Crippen LogP contribution in [0.3, 0.4) is 0 Å². The Bertz CT molecular complexity index is 556. The van der Waals surface area contributed by atoms with Gasteiger partial charge in [0.1, 0.15) is 5.82 Å². The van der Waals surface area contributed by atoms with Gasteiger partial charge in [-0.1, -0.05) is 11.6 Å². The highest BCUT2D eigenvalue weighted by molar-refractivity contribution is 9.10. The van der Waals surface area contributed by atoms with Gasteiger partial charge in [-0.15, -0.1) is 0 Å². The molecule has 0 radical (unpaired) electrons. The fourth-order valence-electron chi connectivity index (χ4n) is 1.55. The molecule has 0 fully saturated rings. The molecule has 0 aliphatic rings. The molecule has 4 nitrogen and oxygen atoms in total. The first-order chi connectivity index (χ1) is 8.58. The van der Waals surface area contributed by atoms with Crippen LogP contribution in [0.25, 0.3) is 0 Å². The second-order valence-electron chi connectivity index (χ2n) is 3.82. The summed E-state index contributed by atoms with van der Waals surface area (Å²) in [6.45, 7) is 0.431. The number of halogens is 2. The molecule has 0 bridgehead atoms. The molecule has 0 unspecified atom stereocenters. The Hall–Kier alpha value is -1.33. The lowest BCUT2D eigenvalue weighted by Crippen LogP contribution is -2.27. The van der Waals surface area contributed by atoms with Gasteiger partial charge in [-0.25, -0.2) is 4.98 Å². The van der Waals surface area contributed by atoms with Gasteiger partial charge < -0.3 is 9.88 Å². The molecule has 2 rings (SSSR count). The summed E-state index contributed by atoms with van der Waals surface area (Å²) in [4.78, 5) is 20.9. The Kier molecular flexibility index (Phi) is 4.04. The third kappa shape index (κ3) is 2.91. The number of aromatic nitrogens is 2. The number of hydrogen-bond donors (Lipinski definition) is 1. The second kappa shape index (κ2) is 5.54. The van der Waals surface area contributed by atoms with Gasteiger partial charge in [0.2, 0.25) is 0 Å². The quantitative estimate of drug-likeness (QED) is 0.941. The molecule has 1 aromatic carbocycles. The summed E-state index contributed by atoms with van der Waals surface area (Å²) in [7, 11) is 1.73. The van der Waals surface area contributed by atoms with Crippen molar-refractivity contribution >= 4 is 33.4 Å². The average molecular weight is 329 g/mol. The fourth-order valence-corrected chi connectivity index (χ4v) is 2.40. The molecule has 0 atom stereocenters. The maximum Gasteiger partial charge on any atom is 0.255 e. The lowest BCUT2D eigenvalue weighted by atomic mass is 10.2. The number of hydrogen-bond acceptors (Lipinski definition) is 2. The highest BCUT2D eigenvalue weighted by Crippen LogP contribution is 2.22. The highest BCUT2D eigenvalue weighted by Gasteiger charge is 2.15. The van der Waals surface area contributed by atoms with Crippen LogP contribution in [0.1, 0.15) is 16.2 Å². The number of carbonyl (C=O) groups excluding carboxylic acids is 1. The maximum atomic E-state index is 12.2. The van der Waals surface area contributed by atoms with E-state index in [1.165, 1.54) is 0 Å². The van der Waals surface area contributed by atoms with Crippen molar-refractivity contribution in [1.82, 2.24) is 14.9 Å². The molecule has 2 aromatic rings. The molecule has 1 N–H and O–H groups in total. The van der Waals surface area contributed by atoms with E-state index in [1.54, 1.807) is 42.5 Å². The summed E-state index contributed by atoms with van der Waals surface area (Å²) in [5.74, 6) is 0.658. The van der Waals surface area contributed by atoms with Gasteiger partial charge in [0.25, 0.3) is 5.91 Å². The molecular weight excluding hydrogens is 318 g/mol. The minimum atomic E-state index is -0.0880. The van der Waals surface area contributed by atoms with Gasteiger partial charge in [-0.2, -0.15) is 0 Å². The number of nitrogens with one attached hydrogen (secondary N) is 1. The summed E-state index contributed by atoms with van der Waals surface area (Å²) in [6, 6.07) is 5.10. The van der Waals surface area contributed by atoms with Gasteiger partial charge in [0.15, 0.2) is 0 Å². The van der Waals surface area contributed by atoms with Gasteiger partial charge in [0, 0.05) is 28.9 Å². The van der Waals surface area contributed by atoms with E-state index in [0.29, 0.717) is 21.6 Å². The average Bonchev–Trinajstić information content (AvgIpc) is 2.81. The second-order valence-corrected chi connectivity index (χ2v) is 5.11. The molecule has 0 aliphatic carbocycles. The smallest absolute Gasteiger partial charge is 0.255 e. The van der Waals surface area contributed by atoms with E-state index in [0.717, 1.165) is 5.82 Å². The predicted octanol–water partition coefficient (Wildman–Crippen LogP) is 3.10. The third-order valence-electron chi connectivity index (χ3n) is 2.45. The third-order valence-corrected chi connectivity index (χ3v) is 3.34. The van der Waals surface area contributed by atoms with Crippen LogP contribution < -0.4 is 0 Å². The first-order valence-corrected chi connectivity index (χ1v) is 6.44. The van der Waals surface area contributed by atoms with Crippen molar-refractivity contribution in [3.63, 3.8) is 0 Å². The lowest BCUT2D eigenvalue weighted by Gasteiger charge is -2.16. The zero-order valence-electron chi connectivity index (χ0n) is 9.65. The largest absolute Gasteiger partial charge is 0.347 e. The number of rotatable bonds is 3. The van der Waals surface area contributed by atoms with E-state index >= 15 is 0 Å². The monoisotopic (exact) mass is 327 g/mol. The topological polar surface area (TPSA) is 49.0 Å². The molecule has 6 heteroatoms. The van der Waals surface area contributed by atoms with Crippen LogP contribution in [-0.2, 0) is 6.54 Å². The van der Waals surface area contributed by atoms with E-state index in [1.807, 2.05) is 0 Å². The summed E-state index contributed by atoms with van der Waals surface area (Å²) in [5.41, 5.74) is 0.577. The summed E-state index contributed by atoms with van der Waals surface area (Å²) < 4.78 is 0.686. The fraction of sp³-hybridized carbons (Fsp3) is 0.167. The van der Waals surface area contributed by atoms with Crippen LogP contribution in [0.15, 0.2) is 35.1 Å². The highest BCUT2D eigenvalue weighted by atomic mass is 79.9. The summed E-state index contributed by atoms with van der Waals surface area (Å²) in [6.07, 6.45) is 3.39. The van der Waals surface area contributed by atoms with Crippen LogP contribution >= 0.6 is 27.5 Å². The zero-order valence-corrected chi connectivity index (χ0v) is 12.0. The Morgan fingerprint density at radius 1 is 1.56 bits per heavy atom. The first-order valence-electron chi connectivity index (χ1n) is 5.26. The SMILES string of the molecule is CN(Cc1ncc[nH]1)C(=O)c1ccc(Cl)cc1Br. The standard InChI is InChI=1S/C12H11BrClN3O/c1-17(7-11-15-4-5-16-11)12(18)9-3-2-8(14)6-10(9)13/h2-6H,7H2,1H3,(H,15,16). The van der Waals surface area contributed by atoms with Crippen LogP contribution in [0.5, 0.6) is 0 Å². The Morgan fingerprint density at radius 3 is 2.94 bits per heavy atom. The lowest BCUT2D eigenvalue weighted by molar-refractivity contribution is 0.0781. The van der Waals surface area contributed by atoms with Gasteiger partial charge in [-0.3, -0.25) is 4.79 Å². The number of nitrogens with zero attached hydrogens (tertiary/aromatic N) is 2. The molecule has 0 aliphatic heterocycles. The number of benzene rings is 1. The van der Waals surface area contributed by atoms with Gasteiger partial charge in [-0.05, 0) is 34.1 Å². The van der Waals surface area contributed by atoms with Crippen molar-refractivity contribution in [2.24, 2.45) is 0 Å². The Balaban J connectivity index is 2.15. The van der Waals surface area contributed by atoms with E-state index < -0.39 is 0 Å². The minimum Gasteiger partial charge on any atom is -0.347 e. The molecule has 94 valence electrons. The Morgan fingerprint density at radius 2 is 2.33 bits per heavy atom. The van der Waals surface area contributed by atoms with Gasteiger partial charge in [0.05, 0.1) is 12.1 Å². The van der Waals surface area contributed by atoms with E-state index in [-0.39, 0.29) is 5.91 Å².